The molecule has 0 aliphatic heterocycles. The lowest BCUT2D eigenvalue weighted by Crippen LogP contribution is -2.08. The average molecular weight is 290 g/mol. The number of nitro groups is 1. The Labute approximate surface area is 120 Å². The number of hydrogen-bond donors (Lipinski definition) is 0. The van der Waals surface area contributed by atoms with Gasteiger partial charge in [0.25, 0.3) is 5.69 Å². The molecule has 0 radical (unpaired) electrons. The second kappa shape index (κ2) is 5.17. The molecule has 0 fully saturated rings. The van der Waals surface area contributed by atoms with Gasteiger partial charge in [0.15, 0.2) is 5.82 Å². The van der Waals surface area contributed by atoms with Gasteiger partial charge in [-0.3, -0.25) is 10.1 Å². The highest BCUT2D eigenvalue weighted by Gasteiger charge is 2.17. The van der Waals surface area contributed by atoms with Crippen molar-refractivity contribution >= 4 is 17.3 Å². The minimum atomic E-state index is -0.426. The van der Waals surface area contributed by atoms with Crippen molar-refractivity contribution in [2.45, 2.75) is 25.7 Å². The SMILES string of the molecule is O=[N+]([O-])c1ccc(-c2nc(Cl)c3c(n2)CCCC3)cc1. The van der Waals surface area contributed by atoms with Gasteiger partial charge in [-0.25, -0.2) is 9.97 Å². The molecule has 0 saturated carbocycles. The van der Waals surface area contributed by atoms with Crippen molar-refractivity contribution in [1.29, 1.82) is 0 Å². The Hall–Kier alpha value is -2.01. The summed E-state index contributed by atoms with van der Waals surface area (Å²) in [4.78, 5) is 19.1. The number of aryl methyl sites for hydroxylation is 1. The molecule has 0 atom stereocenters. The van der Waals surface area contributed by atoms with Gasteiger partial charge in [0, 0.05) is 29.0 Å². The predicted octanol–water partition coefficient (Wildman–Crippen LogP) is 3.58. The van der Waals surface area contributed by atoms with E-state index in [9.17, 15) is 10.1 Å². The molecule has 102 valence electrons. The number of fused-ring (bicyclic) bond motifs is 1. The van der Waals surface area contributed by atoms with Gasteiger partial charge >= 0.3 is 0 Å². The van der Waals surface area contributed by atoms with Crippen LogP contribution in [0.3, 0.4) is 0 Å². The summed E-state index contributed by atoms with van der Waals surface area (Å²) in [5.74, 6) is 0.533. The molecule has 0 saturated heterocycles. The molecule has 0 amide bonds. The smallest absolute Gasteiger partial charge is 0.258 e. The van der Waals surface area contributed by atoms with Crippen molar-refractivity contribution in [2.24, 2.45) is 0 Å². The van der Waals surface area contributed by atoms with Crippen LogP contribution in [0.2, 0.25) is 5.15 Å². The van der Waals surface area contributed by atoms with E-state index in [4.69, 9.17) is 11.6 Å². The number of nitro benzene ring substituents is 1. The number of benzene rings is 1. The van der Waals surface area contributed by atoms with Crippen LogP contribution in [-0.4, -0.2) is 14.9 Å². The highest BCUT2D eigenvalue weighted by atomic mass is 35.5. The fraction of sp³-hybridized carbons (Fsp3) is 0.286. The Morgan fingerprint density at radius 3 is 2.50 bits per heavy atom. The summed E-state index contributed by atoms with van der Waals surface area (Å²) in [6, 6.07) is 6.20. The van der Waals surface area contributed by atoms with Gasteiger partial charge in [-0.1, -0.05) is 11.6 Å². The van der Waals surface area contributed by atoms with Crippen molar-refractivity contribution in [1.82, 2.24) is 9.97 Å². The summed E-state index contributed by atoms with van der Waals surface area (Å²) in [6.45, 7) is 0. The van der Waals surface area contributed by atoms with Gasteiger partial charge in [0.1, 0.15) is 5.15 Å². The van der Waals surface area contributed by atoms with Gasteiger partial charge in [0.2, 0.25) is 0 Å². The maximum Gasteiger partial charge on any atom is 0.269 e. The van der Waals surface area contributed by atoms with Crippen molar-refractivity contribution in [3.05, 3.63) is 50.8 Å². The van der Waals surface area contributed by atoms with Crippen LogP contribution in [0.4, 0.5) is 5.69 Å². The first-order valence-electron chi connectivity index (χ1n) is 6.45. The van der Waals surface area contributed by atoms with E-state index < -0.39 is 4.92 Å². The number of non-ortho nitro benzene ring substituents is 1. The molecular formula is C14H12ClN3O2. The van der Waals surface area contributed by atoms with Crippen LogP contribution in [0.1, 0.15) is 24.1 Å². The number of aromatic nitrogens is 2. The van der Waals surface area contributed by atoms with Crippen molar-refractivity contribution in [3.8, 4) is 11.4 Å². The Kier molecular flexibility index (Phi) is 3.36. The molecule has 0 unspecified atom stereocenters. The fourth-order valence-corrected chi connectivity index (χ4v) is 2.69. The van der Waals surface area contributed by atoms with Gasteiger partial charge in [0.05, 0.1) is 4.92 Å². The molecular weight excluding hydrogens is 278 g/mol. The van der Waals surface area contributed by atoms with Gasteiger partial charge in [-0.15, -0.1) is 0 Å². The first-order valence-corrected chi connectivity index (χ1v) is 6.83. The Balaban J connectivity index is 2.01. The lowest BCUT2D eigenvalue weighted by Gasteiger charge is -2.16. The van der Waals surface area contributed by atoms with E-state index in [1.807, 2.05) is 0 Å². The Morgan fingerprint density at radius 1 is 1.10 bits per heavy atom. The van der Waals surface area contributed by atoms with Gasteiger partial charge < -0.3 is 0 Å². The lowest BCUT2D eigenvalue weighted by atomic mass is 9.97. The number of hydrogen-bond acceptors (Lipinski definition) is 4. The van der Waals surface area contributed by atoms with E-state index in [1.165, 1.54) is 12.1 Å². The summed E-state index contributed by atoms with van der Waals surface area (Å²) in [7, 11) is 0. The number of halogens is 1. The molecule has 6 heteroatoms. The average Bonchev–Trinajstić information content (AvgIpc) is 2.47. The predicted molar refractivity (Wildman–Crippen MR) is 75.8 cm³/mol. The third kappa shape index (κ3) is 2.36. The third-order valence-electron chi connectivity index (χ3n) is 3.47. The minimum Gasteiger partial charge on any atom is -0.258 e. The standard InChI is InChI=1S/C14H12ClN3O2/c15-13-11-3-1-2-4-12(11)16-14(17-13)9-5-7-10(8-6-9)18(19)20/h5-8H,1-4H2. The molecule has 3 rings (SSSR count). The maximum absolute atomic E-state index is 10.6. The van der Waals surface area contributed by atoms with Crippen LogP contribution in [0.25, 0.3) is 11.4 Å². The number of rotatable bonds is 2. The summed E-state index contributed by atoms with van der Waals surface area (Å²) in [5.41, 5.74) is 2.84. The third-order valence-corrected chi connectivity index (χ3v) is 3.78. The van der Waals surface area contributed by atoms with Crippen LogP contribution in [-0.2, 0) is 12.8 Å². The second-order valence-corrected chi connectivity index (χ2v) is 5.13. The van der Waals surface area contributed by atoms with Crippen LogP contribution < -0.4 is 0 Å². The molecule has 2 aromatic rings. The first kappa shape index (κ1) is 13.0. The van der Waals surface area contributed by atoms with Crippen LogP contribution in [0, 0.1) is 10.1 Å². The molecule has 0 N–H and O–H groups in total. The zero-order chi connectivity index (χ0) is 14.1. The van der Waals surface area contributed by atoms with Crippen molar-refractivity contribution < 1.29 is 4.92 Å². The summed E-state index contributed by atoms with van der Waals surface area (Å²) in [5, 5.41) is 11.2. The Morgan fingerprint density at radius 2 is 1.80 bits per heavy atom. The summed E-state index contributed by atoms with van der Waals surface area (Å²) >= 11 is 6.22. The molecule has 5 nitrogen and oxygen atoms in total. The van der Waals surface area contributed by atoms with E-state index in [0.717, 1.165) is 42.5 Å². The van der Waals surface area contributed by atoms with Gasteiger partial charge in [-0.2, -0.15) is 0 Å². The van der Waals surface area contributed by atoms with E-state index in [1.54, 1.807) is 12.1 Å². The minimum absolute atomic E-state index is 0.0535. The van der Waals surface area contributed by atoms with E-state index in [0.29, 0.717) is 11.0 Å². The first-order chi connectivity index (χ1) is 9.65. The van der Waals surface area contributed by atoms with Gasteiger partial charge in [-0.05, 0) is 37.8 Å². The van der Waals surface area contributed by atoms with Crippen molar-refractivity contribution in [2.75, 3.05) is 0 Å². The largest absolute Gasteiger partial charge is 0.269 e. The summed E-state index contributed by atoms with van der Waals surface area (Å²) < 4.78 is 0. The molecule has 0 spiro atoms. The zero-order valence-corrected chi connectivity index (χ0v) is 11.4. The molecule has 20 heavy (non-hydrogen) atoms. The zero-order valence-electron chi connectivity index (χ0n) is 10.7. The highest BCUT2D eigenvalue weighted by Crippen LogP contribution is 2.28. The van der Waals surface area contributed by atoms with E-state index >= 15 is 0 Å². The van der Waals surface area contributed by atoms with Crippen LogP contribution in [0.15, 0.2) is 24.3 Å². The molecule has 0 bridgehead atoms. The lowest BCUT2D eigenvalue weighted by molar-refractivity contribution is -0.384. The second-order valence-electron chi connectivity index (χ2n) is 4.77. The van der Waals surface area contributed by atoms with Crippen LogP contribution >= 0.6 is 11.6 Å². The fourth-order valence-electron chi connectivity index (χ4n) is 2.41. The summed E-state index contributed by atoms with van der Waals surface area (Å²) in [6.07, 6.45) is 4.07. The highest BCUT2D eigenvalue weighted by molar-refractivity contribution is 6.30. The topological polar surface area (TPSA) is 68.9 Å². The monoisotopic (exact) mass is 289 g/mol. The molecule has 1 aromatic heterocycles. The normalized spacial score (nSPS) is 13.8. The van der Waals surface area contributed by atoms with Crippen LogP contribution in [0.5, 0.6) is 0 Å². The van der Waals surface area contributed by atoms with Crippen molar-refractivity contribution in [3.63, 3.8) is 0 Å². The molecule has 1 heterocycles. The molecule has 1 aliphatic rings. The maximum atomic E-state index is 10.6. The Bertz CT molecular complexity index is 671. The van der Waals surface area contributed by atoms with E-state index in [-0.39, 0.29) is 5.69 Å². The molecule has 1 aliphatic carbocycles. The quantitative estimate of drug-likeness (QED) is 0.481. The van der Waals surface area contributed by atoms with E-state index in [2.05, 4.69) is 9.97 Å². The molecule has 1 aromatic carbocycles. The number of nitrogens with zero attached hydrogens (tertiary/aromatic N) is 3.